The molecule has 8 rings (SSSR count). The van der Waals surface area contributed by atoms with Crippen molar-refractivity contribution in [2.45, 2.75) is 115 Å². The number of hydrogen-bond donors (Lipinski definition) is 9. The molecule has 7 heterocycles. The highest BCUT2D eigenvalue weighted by molar-refractivity contribution is 7.47. The number of ether oxygens (including phenoxy) is 3. The average molecular weight is 1150 g/mol. The van der Waals surface area contributed by atoms with Crippen molar-refractivity contribution in [1.82, 2.24) is 49.9 Å². The molecule has 4 aliphatic heterocycles. The maximum absolute atomic E-state index is 13.5. The number of aliphatic hydroxyl groups is 1. The molecule has 6 amide bonds. The second-order valence-corrected chi connectivity index (χ2v) is 21.3. The summed E-state index contributed by atoms with van der Waals surface area (Å²) in [5, 5.41) is 24.2. The summed E-state index contributed by atoms with van der Waals surface area (Å²) in [6, 6.07) is 4.39. The second kappa shape index (κ2) is 25.8. The number of benzene rings is 1. The summed E-state index contributed by atoms with van der Waals surface area (Å²) in [4.78, 5) is 118. The van der Waals surface area contributed by atoms with Crippen LogP contribution in [-0.2, 0) is 67.5 Å². The summed E-state index contributed by atoms with van der Waals surface area (Å²) in [5.41, 5.74) is 7.62. The molecule has 0 radical (unpaired) electrons. The van der Waals surface area contributed by atoms with Crippen LogP contribution in [0.2, 0.25) is 0 Å². The molecule has 428 valence electrons. The summed E-state index contributed by atoms with van der Waals surface area (Å²) < 4.78 is 61.0. The van der Waals surface area contributed by atoms with Crippen molar-refractivity contribution < 1.29 is 80.6 Å². The number of phosphoric ester groups is 1. The second-order valence-electron chi connectivity index (χ2n) is 19.1. The Morgan fingerprint density at radius 1 is 0.925 bits per heavy atom. The van der Waals surface area contributed by atoms with Gasteiger partial charge in [-0.1, -0.05) is 39.0 Å². The van der Waals surface area contributed by atoms with Crippen LogP contribution in [0.3, 0.4) is 0 Å². The lowest BCUT2D eigenvalue weighted by molar-refractivity contribution is -0.137. The largest absolute Gasteiger partial charge is 0.694 e. The molecule has 0 spiro atoms. The standard InChI is InChI=1S/C47H58N14O17P2/c1-24(2)36(56-33(63)8-6-5-7-15-59-34(64)13-14-35(59)65)43(67)53-26(4)42(66)55-28-11-9-27(10-12-28)18-73-47(68)57-39-38-40(50-21-49-39)60(23-52-38)45-32(17-30(77-45)19-74-79(69)70)78-80(71,72)75-20-29-16-31(62)44(76-29)61-22-51-37-25(3)54-46(48)58-41(37)61/h9-14,21-24,26,29-32,36,44-45,62H,3,5-8,15-20H2,1-2,4H3,(H8-,48,49,50,53,54,55,56,57,58,63,66,67,68,69,70,71,72)/p+1. The van der Waals surface area contributed by atoms with Crippen molar-refractivity contribution in [3.05, 3.63) is 73.2 Å². The van der Waals surface area contributed by atoms with Crippen LogP contribution in [0.4, 0.5) is 22.1 Å². The summed E-state index contributed by atoms with van der Waals surface area (Å²) in [6.45, 7) is 7.97. The molecule has 33 heteroatoms. The Bertz CT molecular complexity index is 3120. The van der Waals surface area contributed by atoms with Gasteiger partial charge in [-0.25, -0.2) is 29.3 Å². The predicted octanol–water partition coefficient (Wildman–Crippen LogP) is 2.17. The van der Waals surface area contributed by atoms with Crippen LogP contribution in [0, 0.1) is 5.92 Å². The number of aliphatic hydroxyl groups excluding tert-OH is 1. The minimum absolute atomic E-state index is 0.0132. The number of nitrogens with two attached hydrogens (primary N) is 1. The minimum atomic E-state index is -4.95. The smallest absolute Gasteiger partial charge is 0.444 e. The van der Waals surface area contributed by atoms with Crippen molar-refractivity contribution in [2.24, 2.45) is 16.6 Å². The van der Waals surface area contributed by atoms with E-state index >= 15 is 0 Å². The highest BCUT2D eigenvalue weighted by Crippen LogP contribution is 2.50. The first kappa shape index (κ1) is 58.7. The summed E-state index contributed by atoms with van der Waals surface area (Å²) in [5.74, 6) is -2.24. The SMILES string of the molecule is C=C1NC(N)=Nc2c1ncn2C1OC(COP(=O)(O)OC2CC(CO[P+](=O)O)OC2n2cnc3c(NC(=O)OCc4ccc(NC(=O)C(C)NC(=O)C(NC(=O)CCCCCN5C(=O)C=CC5=O)C(C)C)cc4)ncnc32)CC1O. The zero-order valence-corrected chi connectivity index (χ0v) is 45.1. The highest BCUT2D eigenvalue weighted by Gasteiger charge is 2.45. The monoisotopic (exact) mass is 1150 g/mol. The molecule has 2 saturated heterocycles. The number of nitrogens with zero attached hydrogens (tertiary/aromatic N) is 8. The fourth-order valence-corrected chi connectivity index (χ4v) is 10.1. The topological polar surface area (TPSA) is 416 Å². The van der Waals surface area contributed by atoms with Crippen molar-refractivity contribution in [1.29, 1.82) is 0 Å². The molecule has 0 saturated carbocycles. The Balaban J connectivity index is 0.804. The van der Waals surface area contributed by atoms with Crippen LogP contribution < -0.4 is 32.3 Å². The summed E-state index contributed by atoms with van der Waals surface area (Å²) in [6.07, 6.45) is 0.270. The number of anilines is 2. The highest BCUT2D eigenvalue weighted by atomic mass is 31.2. The van der Waals surface area contributed by atoms with Crippen LogP contribution in [0.1, 0.15) is 83.0 Å². The van der Waals surface area contributed by atoms with E-state index < -0.39 is 96.2 Å². The van der Waals surface area contributed by atoms with Crippen molar-refractivity contribution in [3.63, 3.8) is 0 Å². The van der Waals surface area contributed by atoms with Gasteiger partial charge in [-0.3, -0.25) is 52.4 Å². The van der Waals surface area contributed by atoms with Crippen LogP contribution in [0.25, 0.3) is 16.9 Å². The van der Waals surface area contributed by atoms with Gasteiger partial charge in [0.05, 0.1) is 37.2 Å². The van der Waals surface area contributed by atoms with Crippen molar-refractivity contribution in [2.75, 3.05) is 30.4 Å². The number of carbonyl (C=O) groups excluding carboxylic acids is 6. The first-order valence-corrected chi connectivity index (χ1v) is 27.7. The number of hydrogen-bond acceptors (Lipinski definition) is 22. The normalized spacial score (nSPS) is 22.3. The molecule has 80 heavy (non-hydrogen) atoms. The molecule has 4 aromatic rings. The number of imidazole rings is 2. The van der Waals surface area contributed by atoms with Crippen LogP contribution >= 0.6 is 16.1 Å². The van der Waals surface area contributed by atoms with Gasteiger partial charge in [-0.15, -0.1) is 9.42 Å². The Labute approximate surface area is 456 Å². The summed E-state index contributed by atoms with van der Waals surface area (Å²) in [7, 11) is -7.99. The van der Waals surface area contributed by atoms with Crippen LogP contribution in [0.5, 0.6) is 0 Å². The maximum atomic E-state index is 13.5. The van der Waals surface area contributed by atoms with Crippen LogP contribution in [0.15, 0.2) is 67.0 Å². The Morgan fingerprint density at radius 2 is 1.64 bits per heavy atom. The van der Waals surface area contributed by atoms with E-state index in [4.69, 9.17) is 33.5 Å². The van der Waals surface area contributed by atoms with Gasteiger partial charge < -0.3 is 51.2 Å². The molecule has 10 atom stereocenters. The number of aromatic nitrogens is 6. The Kier molecular flexibility index (Phi) is 18.9. The first-order valence-electron chi connectivity index (χ1n) is 25.1. The number of amides is 6. The van der Waals surface area contributed by atoms with E-state index in [1.165, 1.54) is 40.9 Å². The first-order chi connectivity index (χ1) is 38.1. The molecular formula is C47H59N14O17P2+. The van der Waals surface area contributed by atoms with E-state index in [0.29, 0.717) is 41.9 Å². The zero-order valence-electron chi connectivity index (χ0n) is 43.3. The average Bonchev–Trinajstić information content (AvgIpc) is 4.28. The molecule has 2 fully saturated rings. The lowest BCUT2D eigenvalue weighted by Crippen LogP contribution is -2.53. The Morgan fingerprint density at radius 3 is 2.36 bits per heavy atom. The van der Waals surface area contributed by atoms with E-state index in [1.807, 2.05) is 0 Å². The maximum Gasteiger partial charge on any atom is 0.694 e. The molecule has 10 unspecified atom stereocenters. The number of guanidine groups is 1. The van der Waals surface area contributed by atoms with Gasteiger partial charge in [-0.05, 0) is 43.4 Å². The quantitative estimate of drug-likeness (QED) is 0.0261. The molecule has 1 aromatic carbocycles. The lowest BCUT2D eigenvalue weighted by Gasteiger charge is -2.24. The van der Waals surface area contributed by atoms with E-state index in [2.05, 4.69) is 58.1 Å². The number of rotatable bonds is 25. The molecule has 31 nitrogen and oxygen atoms in total. The third-order valence-corrected chi connectivity index (χ3v) is 14.2. The van der Waals surface area contributed by atoms with Gasteiger partial charge in [0.1, 0.15) is 49.5 Å². The molecule has 4 aliphatic rings. The molecule has 10 N–H and O–H groups in total. The van der Waals surface area contributed by atoms with Gasteiger partial charge in [0, 0.05) is 48.2 Å². The number of fused-ring (bicyclic) bond motifs is 2. The molecule has 0 bridgehead atoms. The number of nitrogens with one attached hydrogen (secondary N) is 5. The fourth-order valence-electron chi connectivity index (χ4n) is 8.88. The number of unbranched alkanes of at least 4 members (excludes halogenated alkanes) is 2. The predicted molar refractivity (Wildman–Crippen MR) is 278 cm³/mol. The van der Waals surface area contributed by atoms with Crippen molar-refractivity contribution in [3.8, 4) is 0 Å². The molecular weight excluding hydrogens is 1090 g/mol. The minimum Gasteiger partial charge on any atom is -0.444 e. The van der Waals surface area contributed by atoms with E-state index in [1.54, 1.807) is 38.1 Å². The van der Waals surface area contributed by atoms with Gasteiger partial charge in [0.2, 0.25) is 17.7 Å². The number of imide groups is 1. The zero-order chi connectivity index (χ0) is 57.4. The van der Waals surface area contributed by atoms with E-state index in [0.717, 1.165) is 11.2 Å². The third kappa shape index (κ3) is 14.7. The van der Waals surface area contributed by atoms with E-state index in [-0.39, 0.29) is 84.8 Å². The van der Waals surface area contributed by atoms with Crippen molar-refractivity contribution >= 4 is 91.9 Å². The fraction of sp³-hybridized carbons (Fsp3) is 0.468. The Hall–Kier alpha value is -7.44. The van der Waals surface area contributed by atoms with Gasteiger partial charge >= 0.3 is 22.2 Å². The van der Waals surface area contributed by atoms with Crippen LogP contribution in [-0.4, -0.2) is 147 Å². The van der Waals surface area contributed by atoms with E-state index in [9.17, 15) is 52.8 Å². The number of phosphoric acid groups is 1. The lowest BCUT2D eigenvalue weighted by atomic mass is 10.0. The number of aliphatic imine (C=N–C) groups is 1. The molecule has 0 aliphatic carbocycles. The van der Waals surface area contributed by atoms with Gasteiger partial charge in [0.25, 0.3) is 11.8 Å². The summed E-state index contributed by atoms with van der Waals surface area (Å²) >= 11 is 0. The van der Waals surface area contributed by atoms with Gasteiger partial charge in [-0.2, -0.15) is 4.99 Å². The number of carbonyl (C=O) groups is 6. The molecule has 3 aromatic heterocycles. The van der Waals surface area contributed by atoms with Gasteiger partial charge in [0.15, 0.2) is 41.2 Å². The third-order valence-electron chi connectivity index (χ3n) is 12.9.